The van der Waals surface area contributed by atoms with Crippen LogP contribution in [0.25, 0.3) is 0 Å². The molecule has 15 heteroatoms. The lowest BCUT2D eigenvalue weighted by molar-refractivity contribution is -0.245. The lowest BCUT2D eigenvalue weighted by atomic mass is 9.44. The van der Waals surface area contributed by atoms with E-state index in [9.17, 15) is 33.9 Å². The normalized spacial score (nSPS) is 38.6. The monoisotopic (exact) mass is 734 g/mol. The average Bonchev–Trinajstić information content (AvgIpc) is 3.57. The Morgan fingerprint density at radius 3 is 2.41 bits per heavy atom. The summed E-state index contributed by atoms with van der Waals surface area (Å²) < 4.78 is 36.0. The van der Waals surface area contributed by atoms with Gasteiger partial charge in [0.25, 0.3) is 11.8 Å². The number of hydrogen-bond acceptors (Lipinski definition) is 12. The molecule has 2 heterocycles. The van der Waals surface area contributed by atoms with Crippen molar-refractivity contribution in [1.29, 1.82) is 0 Å². The van der Waals surface area contributed by atoms with E-state index in [2.05, 4.69) is 5.32 Å². The number of ether oxygens (including phenoxy) is 3. The zero-order valence-corrected chi connectivity index (χ0v) is 30.9. The first-order valence-electron chi connectivity index (χ1n) is 17.5. The Hall–Kier alpha value is -3.14. The molecule has 2 aliphatic heterocycles. The van der Waals surface area contributed by atoms with Crippen LogP contribution in [-0.2, 0) is 43.0 Å². The summed E-state index contributed by atoms with van der Waals surface area (Å²) in [6.07, 6.45) is 2.01. The summed E-state index contributed by atoms with van der Waals surface area (Å²) in [4.78, 5) is 82.0. The molecule has 3 saturated carbocycles. The van der Waals surface area contributed by atoms with Gasteiger partial charge in [-0.2, -0.15) is 11.8 Å². The maximum atomic E-state index is 17.7. The number of imide groups is 1. The predicted molar refractivity (Wildman–Crippen MR) is 179 cm³/mol. The third kappa shape index (κ3) is 5.95. The zero-order chi connectivity index (χ0) is 37.5. The van der Waals surface area contributed by atoms with Gasteiger partial charge in [-0.1, -0.05) is 18.6 Å². The van der Waals surface area contributed by atoms with E-state index in [-0.39, 0.29) is 42.3 Å². The Morgan fingerprint density at radius 2 is 1.76 bits per heavy atom. The van der Waals surface area contributed by atoms with Crippen LogP contribution in [0.3, 0.4) is 0 Å². The van der Waals surface area contributed by atoms with Gasteiger partial charge in [-0.05, 0) is 85.3 Å². The van der Waals surface area contributed by atoms with Crippen molar-refractivity contribution in [1.82, 2.24) is 10.4 Å². The summed E-state index contributed by atoms with van der Waals surface area (Å²) in [6.45, 7) is 11.9. The van der Waals surface area contributed by atoms with Crippen LogP contribution in [-0.4, -0.2) is 98.0 Å². The van der Waals surface area contributed by atoms with E-state index in [0.717, 1.165) is 11.8 Å². The van der Waals surface area contributed by atoms with E-state index in [1.54, 1.807) is 47.6 Å². The maximum absolute atomic E-state index is 17.7. The Balaban J connectivity index is 1.24. The molecule has 6 rings (SSSR count). The number of carbonyl (C=O) groups is 6. The molecule has 0 bridgehead atoms. The summed E-state index contributed by atoms with van der Waals surface area (Å²) in [5, 5.41) is 14.6. The van der Waals surface area contributed by atoms with Crippen molar-refractivity contribution < 1.29 is 57.3 Å². The molecular weight excluding hydrogens is 687 g/mol. The summed E-state index contributed by atoms with van der Waals surface area (Å²) in [5.74, 6) is -5.77. The summed E-state index contributed by atoms with van der Waals surface area (Å²) in [6, 6.07) is -1.42. The molecule has 0 radical (unpaired) electrons. The van der Waals surface area contributed by atoms with Gasteiger partial charge >= 0.3 is 12.1 Å². The molecule has 1 unspecified atom stereocenters. The number of thioether (sulfide) groups is 1. The van der Waals surface area contributed by atoms with Crippen LogP contribution in [0.5, 0.6) is 0 Å². The molecule has 13 nitrogen and oxygen atoms in total. The van der Waals surface area contributed by atoms with E-state index in [1.165, 1.54) is 12.2 Å². The molecule has 9 atom stereocenters. The smallest absolute Gasteiger partial charge is 0.408 e. The lowest BCUT2D eigenvalue weighted by Crippen LogP contribution is -2.69. The van der Waals surface area contributed by atoms with Crippen molar-refractivity contribution in [3.63, 3.8) is 0 Å². The van der Waals surface area contributed by atoms with E-state index >= 15 is 4.39 Å². The quantitative estimate of drug-likeness (QED) is 0.347. The molecule has 0 aromatic rings. The van der Waals surface area contributed by atoms with Crippen LogP contribution in [0, 0.1) is 22.7 Å². The van der Waals surface area contributed by atoms with Crippen LogP contribution in [0.1, 0.15) is 87.0 Å². The Labute approximate surface area is 300 Å². The number of rotatable bonds is 8. The minimum Gasteiger partial charge on any atom is -0.444 e. The molecule has 2 saturated heterocycles. The molecule has 0 aromatic carbocycles. The fourth-order valence-electron chi connectivity index (χ4n) is 9.62. The summed E-state index contributed by atoms with van der Waals surface area (Å²) in [5.41, 5.74) is -6.20. The number of nitrogens with one attached hydrogen (secondary N) is 1. The second-order valence-electron chi connectivity index (χ2n) is 16.5. The third-order valence-corrected chi connectivity index (χ3v) is 12.8. The van der Waals surface area contributed by atoms with Crippen molar-refractivity contribution in [2.75, 3.05) is 11.5 Å². The van der Waals surface area contributed by atoms with Crippen molar-refractivity contribution >= 4 is 47.2 Å². The van der Waals surface area contributed by atoms with Crippen molar-refractivity contribution in [2.45, 2.75) is 128 Å². The molecule has 3 amide bonds. The first kappa shape index (κ1) is 37.6. The number of nitrogens with zero attached hydrogens (tertiary/aromatic N) is 1. The number of carbonyl (C=O) groups excluding carboxylic acids is 6. The molecule has 0 aromatic heterocycles. The van der Waals surface area contributed by atoms with Crippen molar-refractivity contribution in [3.8, 4) is 0 Å². The number of hydroxylamine groups is 2. The third-order valence-electron chi connectivity index (χ3n) is 11.7. The largest absolute Gasteiger partial charge is 0.444 e. The number of hydrogen-bond donors (Lipinski definition) is 2. The van der Waals surface area contributed by atoms with Crippen LogP contribution < -0.4 is 5.32 Å². The highest BCUT2D eigenvalue weighted by Crippen LogP contribution is 2.72. The number of halogens is 1. The highest BCUT2D eigenvalue weighted by molar-refractivity contribution is 8.00. The summed E-state index contributed by atoms with van der Waals surface area (Å²) >= 11 is 0.994. The second kappa shape index (κ2) is 12.5. The Kier molecular flexibility index (Phi) is 9.20. The number of allylic oxidation sites excluding steroid dienone is 4. The number of alkyl halides is 1. The van der Waals surface area contributed by atoms with Crippen molar-refractivity contribution in [3.05, 3.63) is 23.8 Å². The number of alkyl carbamates (subject to hydrolysis) is 1. The van der Waals surface area contributed by atoms with E-state index < -0.39 is 87.5 Å². The first-order chi connectivity index (χ1) is 23.6. The van der Waals surface area contributed by atoms with Gasteiger partial charge in [0.1, 0.15) is 11.6 Å². The van der Waals surface area contributed by atoms with E-state index in [0.29, 0.717) is 29.9 Å². The van der Waals surface area contributed by atoms with Gasteiger partial charge < -0.3 is 29.5 Å². The molecule has 5 fully saturated rings. The highest BCUT2D eigenvalue weighted by atomic mass is 32.2. The van der Waals surface area contributed by atoms with Gasteiger partial charge in [0.2, 0.25) is 0 Å². The van der Waals surface area contributed by atoms with Crippen LogP contribution >= 0.6 is 11.8 Å². The molecule has 51 heavy (non-hydrogen) atoms. The number of amides is 3. The fourth-order valence-corrected chi connectivity index (χ4v) is 10.6. The fraction of sp³-hybridized carbons (Fsp3) is 0.722. The van der Waals surface area contributed by atoms with E-state index in [1.807, 2.05) is 6.92 Å². The standard InChI is InChI=1S/C36H47FN2O11S/c1-31(2,3)48-30(46)38-23(29(45)49-39-27(43)10-11-28(39)44)17-51-18-25(42)36-26(47-32(4,5)50-36)15-22-21-9-8-19-14-20(40)12-13-33(19,6)35(21,37)24(41)16-34(22,36)7/h12-14,21-24,26,41H,8-11,15-18H2,1-7H3,(H,38,46)/t21-,22-,23?,24-,26+,33-,34-,35-,36+/m0/s1. The topological polar surface area (TPSA) is 175 Å². The minimum atomic E-state index is -2.11. The van der Waals surface area contributed by atoms with Crippen LogP contribution in [0.4, 0.5) is 9.18 Å². The molecular formula is C36H47FN2O11S. The second-order valence-corrected chi connectivity index (χ2v) is 17.5. The van der Waals surface area contributed by atoms with Gasteiger partial charge in [-0.3, -0.25) is 19.2 Å². The molecule has 2 N–H and O–H groups in total. The molecule has 0 spiro atoms. The number of fused-ring (bicyclic) bond motifs is 7. The van der Waals surface area contributed by atoms with Gasteiger partial charge in [0, 0.05) is 35.3 Å². The minimum absolute atomic E-state index is 0.102. The lowest BCUT2D eigenvalue weighted by Gasteiger charge is -2.62. The summed E-state index contributed by atoms with van der Waals surface area (Å²) in [7, 11) is 0. The van der Waals surface area contributed by atoms with Gasteiger partial charge in [-0.15, -0.1) is 5.06 Å². The highest BCUT2D eigenvalue weighted by Gasteiger charge is 2.80. The Morgan fingerprint density at radius 1 is 1.10 bits per heavy atom. The zero-order valence-electron chi connectivity index (χ0n) is 30.0. The van der Waals surface area contributed by atoms with Gasteiger partial charge in [0.15, 0.2) is 28.6 Å². The van der Waals surface area contributed by atoms with Crippen LogP contribution in [0.15, 0.2) is 23.8 Å². The molecule has 4 aliphatic carbocycles. The van der Waals surface area contributed by atoms with Crippen LogP contribution in [0.2, 0.25) is 0 Å². The van der Waals surface area contributed by atoms with Gasteiger partial charge in [0.05, 0.1) is 18.0 Å². The van der Waals surface area contributed by atoms with Gasteiger partial charge in [-0.25, -0.2) is 14.0 Å². The number of aliphatic hydroxyl groups is 1. The predicted octanol–water partition coefficient (Wildman–Crippen LogP) is 3.66. The first-order valence-corrected chi connectivity index (χ1v) is 18.6. The SMILES string of the molecule is CC(C)(C)OC(=O)NC(CSCC(=O)[C@@]12OC(C)(C)O[C@@H]1C[C@H]1[C@@H]3CCC4=CC(=O)C=C[C@]4(C)[C@@]3(F)[C@@H](O)C[C@@]12C)C(=O)ON1C(=O)CCC1=O. The van der Waals surface area contributed by atoms with Crippen molar-refractivity contribution in [2.24, 2.45) is 22.7 Å². The average molecular weight is 735 g/mol. The molecule has 6 aliphatic rings. The Bertz CT molecular complexity index is 1610. The number of aliphatic hydroxyl groups excluding tert-OH is 1. The van der Waals surface area contributed by atoms with E-state index in [4.69, 9.17) is 19.0 Å². The number of ketones is 2. The maximum Gasteiger partial charge on any atom is 0.408 e. The molecule has 280 valence electrons. The number of Topliss-reactive ketones (excluding diaryl/α,β-unsaturated/α-hetero) is 1.